The zero-order chi connectivity index (χ0) is 24.3. The number of nitrogens with two attached hydrogens (primary N) is 1. The number of carbonyl (C=O) groups is 1. The lowest BCUT2D eigenvalue weighted by molar-refractivity contribution is 0.100. The van der Waals surface area contributed by atoms with Crippen LogP contribution in [0.4, 0.5) is 28.7 Å². The van der Waals surface area contributed by atoms with E-state index in [1.54, 1.807) is 6.07 Å². The smallest absolute Gasteiger partial charge is 0.252 e. The van der Waals surface area contributed by atoms with E-state index in [4.69, 9.17) is 10.5 Å². The zero-order valence-electron chi connectivity index (χ0n) is 19.9. The average Bonchev–Trinajstić information content (AvgIpc) is 2.85. The Balaban J connectivity index is 1.30. The van der Waals surface area contributed by atoms with Gasteiger partial charge in [-0.3, -0.25) is 4.79 Å². The van der Waals surface area contributed by atoms with Crippen molar-refractivity contribution in [2.75, 3.05) is 48.3 Å². The first-order valence-corrected chi connectivity index (χ1v) is 12.0. The molecular weight excluding hydrogens is 442 g/mol. The van der Waals surface area contributed by atoms with E-state index in [0.717, 1.165) is 37.6 Å². The van der Waals surface area contributed by atoms with Crippen LogP contribution in [0.2, 0.25) is 0 Å². The molecule has 0 saturated carbocycles. The maximum absolute atomic E-state index is 12.0. The Kier molecular flexibility index (Phi) is 6.41. The van der Waals surface area contributed by atoms with Gasteiger partial charge in [0.05, 0.1) is 35.4 Å². The van der Waals surface area contributed by atoms with E-state index in [9.17, 15) is 4.79 Å². The standard InChI is InChI=1S/C26H31N7O2/c1-2-35-22-6-4-3-5-20(22)31-21-13-24(30-15-19(21)25(27)34)32-23-8-7-18(14-29-23)33-11-9-26(10-12-33)16-28-17-26/h3-8,13-15,28H,2,9-12,16-17H2,1H3,(H2,27,34)(H2,29,30,31,32). The van der Waals surface area contributed by atoms with Gasteiger partial charge in [0.15, 0.2) is 0 Å². The second-order valence-electron chi connectivity index (χ2n) is 9.15. The summed E-state index contributed by atoms with van der Waals surface area (Å²) < 4.78 is 5.69. The van der Waals surface area contributed by atoms with Gasteiger partial charge < -0.3 is 31.3 Å². The number of anilines is 5. The fourth-order valence-corrected chi connectivity index (χ4v) is 4.67. The van der Waals surface area contributed by atoms with Gasteiger partial charge in [-0.15, -0.1) is 0 Å². The average molecular weight is 474 g/mol. The molecule has 35 heavy (non-hydrogen) atoms. The summed E-state index contributed by atoms with van der Waals surface area (Å²) in [6.07, 6.45) is 5.80. The van der Waals surface area contributed by atoms with E-state index in [1.165, 1.54) is 19.0 Å². The predicted octanol–water partition coefficient (Wildman–Crippen LogP) is 3.65. The van der Waals surface area contributed by atoms with Crippen molar-refractivity contribution in [3.8, 4) is 5.75 Å². The molecule has 0 atom stereocenters. The normalized spacial score (nSPS) is 16.4. The van der Waals surface area contributed by atoms with E-state index >= 15 is 0 Å². The van der Waals surface area contributed by atoms with Gasteiger partial charge in [0.1, 0.15) is 17.4 Å². The minimum absolute atomic E-state index is 0.287. The highest BCUT2D eigenvalue weighted by molar-refractivity contribution is 5.99. The first-order chi connectivity index (χ1) is 17.0. The van der Waals surface area contributed by atoms with Gasteiger partial charge in [-0.2, -0.15) is 0 Å². The van der Waals surface area contributed by atoms with Crippen LogP contribution in [0, 0.1) is 5.41 Å². The van der Waals surface area contributed by atoms with Gasteiger partial charge in [0.2, 0.25) is 0 Å². The van der Waals surface area contributed by atoms with Gasteiger partial charge >= 0.3 is 0 Å². The molecule has 2 aromatic heterocycles. The summed E-state index contributed by atoms with van der Waals surface area (Å²) in [4.78, 5) is 23.4. The van der Waals surface area contributed by atoms with Crippen molar-refractivity contribution >= 4 is 34.6 Å². The number of piperidine rings is 1. The molecule has 1 aromatic carbocycles. The summed E-state index contributed by atoms with van der Waals surface area (Å²) in [6, 6.07) is 13.3. The molecule has 2 saturated heterocycles. The van der Waals surface area contributed by atoms with E-state index in [-0.39, 0.29) is 5.56 Å². The minimum Gasteiger partial charge on any atom is -0.492 e. The lowest BCUT2D eigenvalue weighted by atomic mass is 9.73. The Hall–Kier alpha value is -3.85. The molecule has 9 nitrogen and oxygen atoms in total. The van der Waals surface area contributed by atoms with E-state index in [2.05, 4.69) is 36.9 Å². The van der Waals surface area contributed by atoms with Gasteiger partial charge in [-0.05, 0) is 49.4 Å². The number of hydrogen-bond acceptors (Lipinski definition) is 8. The van der Waals surface area contributed by atoms with Gasteiger partial charge in [-0.25, -0.2) is 9.97 Å². The monoisotopic (exact) mass is 473 g/mol. The highest BCUT2D eigenvalue weighted by atomic mass is 16.5. The number of pyridine rings is 2. The fraction of sp³-hybridized carbons (Fsp3) is 0.346. The van der Waals surface area contributed by atoms with Gasteiger partial charge in [0.25, 0.3) is 5.91 Å². The Labute approximate surface area is 205 Å². The molecule has 9 heteroatoms. The molecule has 2 aliphatic rings. The summed E-state index contributed by atoms with van der Waals surface area (Å²) >= 11 is 0. The molecule has 0 bridgehead atoms. The van der Waals surface area contributed by atoms with Crippen LogP contribution >= 0.6 is 0 Å². The Morgan fingerprint density at radius 2 is 1.83 bits per heavy atom. The number of para-hydroxylation sites is 2. The van der Waals surface area contributed by atoms with E-state index in [0.29, 0.717) is 35.1 Å². The van der Waals surface area contributed by atoms with Crippen molar-refractivity contribution in [1.29, 1.82) is 0 Å². The van der Waals surface area contributed by atoms with Crippen LogP contribution in [0.15, 0.2) is 54.9 Å². The Bertz CT molecular complexity index is 1180. The van der Waals surface area contributed by atoms with E-state index in [1.807, 2.05) is 43.5 Å². The van der Waals surface area contributed by atoms with Crippen molar-refractivity contribution < 1.29 is 9.53 Å². The zero-order valence-corrected chi connectivity index (χ0v) is 19.9. The Morgan fingerprint density at radius 1 is 1.06 bits per heavy atom. The largest absolute Gasteiger partial charge is 0.492 e. The van der Waals surface area contributed by atoms with Crippen LogP contribution in [0.1, 0.15) is 30.1 Å². The number of amides is 1. The first kappa shape index (κ1) is 22.9. The van der Waals surface area contributed by atoms with E-state index < -0.39 is 5.91 Å². The topological polar surface area (TPSA) is 117 Å². The molecule has 5 N–H and O–H groups in total. The molecule has 3 aromatic rings. The second-order valence-corrected chi connectivity index (χ2v) is 9.15. The number of rotatable bonds is 8. The number of hydrogen-bond donors (Lipinski definition) is 4. The van der Waals surface area contributed by atoms with Gasteiger partial charge in [0, 0.05) is 38.4 Å². The summed E-state index contributed by atoms with van der Waals surface area (Å²) in [5.74, 6) is 1.34. The number of aromatic nitrogens is 2. The number of ether oxygens (including phenoxy) is 1. The van der Waals surface area contributed by atoms with Crippen molar-refractivity contribution in [2.45, 2.75) is 19.8 Å². The third kappa shape index (κ3) is 5.00. The Morgan fingerprint density at radius 3 is 2.49 bits per heavy atom. The van der Waals surface area contributed by atoms with Crippen LogP contribution in [0.5, 0.6) is 5.75 Å². The highest BCUT2D eigenvalue weighted by Gasteiger charge is 2.39. The molecule has 2 fully saturated rings. The van der Waals surface area contributed by atoms with Crippen LogP contribution in [0.3, 0.4) is 0 Å². The van der Waals surface area contributed by atoms with Crippen LogP contribution in [-0.4, -0.2) is 48.7 Å². The maximum atomic E-state index is 12.0. The number of primary amides is 1. The third-order valence-electron chi connectivity index (χ3n) is 6.82. The fourth-order valence-electron chi connectivity index (χ4n) is 4.67. The summed E-state index contributed by atoms with van der Waals surface area (Å²) in [5.41, 5.74) is 8.79. The molecule has 1 spiro atoms. The third-order valence-corrected chi connectivity index (χ3v) is 6.82. The quantitative estimate of drug-likeness (QED) is 0.392. The summed E-state index contributed by atoms with van der Waals surface area (Å²) in [6.45, 7) is 6.87. The lowest BCUT2D eigenvalue weighted by Crippen LogP contribution is -2.58. The number of carbonyl (C=O) groups excluding carboxylic acids is 1. The number of nitrogens with zero attached hydrogens (tertiary/aromatic N) is 3. The summed E-state index contributed by atoms with van der Waals surface area (Å²) in [5, 5.41) is 9.90. The summed E-state index contributed by atoms with van der Waals surface area (Å²) in [7, 11) is 0. The number of nitrogens with one attached hydrogen (secondary N) is 3. The predicted molar refractivity (Wildman–Crippen MR) is 138 cm³/mol. The molecule has 5 rings (SSSR count). The molecular formula is C26H31N7O2. The molecule has 182 valence electrons. The molecule has 0 aliphatic carbocycles. The first-order valence-electron chi connectivity index (χ1n) is 12.0. The van der Waals surface area contributed by atoms with Crippen molar-refractivity contribution in [1.82, 2.24) is 15.3 Å². The SMILES string of the molecule is CCOc1ccccc1Nc1cc(Nc2ccc(N3CCC4(CC3)CNC4)cn2)ncc1C(N)=O. The second kappa shape index (κ2) is 9.79. The van der Waals surface area contributed by atoms with Crippen molar-refractivity contribution in [2.24, 2.45) is 11.1 Å². The highest BCUT2D eigenvalue weighted by Crippen LogP contribution is 2.36. The van der Waals surface area contributed by atoms with Crippen LogP contribution < -0.4 is 31.3 Å². The molecule has 0 radical (unpaired) electrons. The molecule has 2 aliphatic heterocycles. The van der Waals surface area contributed by atoms with Crippen LogP contribution in [0.25, 0.3) is 0 Å². The number of benzene rings is 1. The van der Waals surface area contributed by atoms with Crippen molar-refractivity contribution in [3.63, 3.8) is 0 Å². The minimum atomic E-state index is -0.566. The molecule has 0 unspecified atom stereocenters. The van der Waals surface area contributed by atoms with Gasteiger partial charge in [-0.1, -0.05) is 12.1 Å². The maximum Gasteiger partial charge on any atom is 0.252 e. The van der Waals surface area contributed by atoms with Crippen LogP contribution in [-0.2, 0) is 0 Å². The molecule has 4 heterocycles. The molecule has 1 amide bonds. The lowest BCUT2D eigenvalue weighted by Gasteiger charge is -2.48. The van der Waals surface area contributed by atoms with Crippen molar-refractivity contribution in [3.05, 3.63) is 60.4 Å².